The lowest BCUT2D eigenvalue weighted by Crippen LogP contribution is -1.92. The lowest BCUT2D eigenvalue weighted by molar-refractivity contribution is 0.100. The van der Waals surface area contributed by atoms with Crippen LogP contribution >= 0.6 is 0 Å². The van der Waals surface area contributed by atoms with E-state index in [1.165, 1.54) is 0 Å². The van der Waals surface area contributed by atoms with Crippen LogP contribution in [0, 0.1) is 11.8 Å². The first-order valence-electron chi connectivity index (χ1n) is 4.18. The van der Waals surface area contributed by atoms with Gasteiger partial charge in [0, 0.05) is 10.7 Å². The fraction of sp³-hybridized carbons (Fsp3) is 0.300. The summed E-state index contributed by atoms with van der Waals surface area (Å²) in [5.74, 6) is -0.714. The molecular weight excluding hydrogens is 166 g/mol. The number of carbonyl (C=O) groups is 1. The second kappa shape index (κ2) is 6.06. The van der Waals surface area contributed by atoms with E-state index in [9.17, 15) is 9.70 Å². The highest BCUT2D eigenvalue weighted by atomic mass is 16.3. The van der Waals surface area contributed by atoms with Crippen LogP contribution in [-0.4, -0.2) is 5.91 Å². The molecule has 0 aliphatic heterocycles. The number of rotatable bonds is 1. The topological polar surface area (TPSA) is 46.5 Å². The van der Waals surface area contributed by atoms with E-state index < -0.39 is 5.91 Å². The molecule has 70 valence electrons. The zero-order valence-corrected chi connectivity index (χ0v) is 8.07. The Morgan fingerprint density at radius 3 is 2.38 bits per heavy atom. The number of benzene rings is 1. The Hall–Kier alpha value is -1.51. The maximum atomic E-state index is 10.7. The molecule has 0 aliphatic rings. The summed E-state index contributed by atoms with van der Waals surface area (Å²) in [7, 11) is 0. The summed E-state index contributed by atoms with van der Waals surface area (Å²) >= 11 is 0. The minimum absolute atomic E-state index is 0.347. The molecule has 1 aromatic carbocycles. The summed E-state index contributed by atoms with van der Waals surface area (Å²) in [5, 5.41) is 2.31. The first-order valence-corrected chi connectivity index (χ1v) is 4.18. The number of amides is 1. The van der Waals surface area contributed by atoms with Crippen molar-refractivity contribution in [3.63, 3.8) is 0 Å². The SMILES string of the molecule is CC.Cc1cccc(C(=O)N=O)c1. The van der Waals surface area contributed by atoms with Gasteiger partial charge in [-0.25, -0.2) is 0 Å². The molecule has 0 N–H and O–H groups in total. The predicted molar refractivity (Wildman–Crippen MR) is 52.7 cm³/mol. The third-order valence-corrected chi connectivity index (χ3v) is 1.35. The number of hydrogen-bond acceptors (Lipinski definition) is 2. The van der Waals surface area contributed by atoms with Crippen LogP contribution in [0.4, 0.5) is 0 Å². The Morgan fingerprint density at radius 2 is 1.92 bits per heavy atom. The van der Waals surface area contributed by atoms with Crippen LogP contribution in [-0.2, 0) is 0 Å². The van der Waals surface area contributed by atoms with Gasteiger partial charge in [0.1, 0.15) is 0 Å². The summed E-state index contributed by atoms with van der Waals surface area (Å²) in [6, 6.07) is 6.76. The van der Waals surface area contributed by atoms with E-state index in [1.54, 1.807) is 18.2 Å². The number of nitroso groups, excluding NO2 is 1. The molecule has 0 radical (unpaired) electrons. The minimum atomic E-state index is -0.714. The molecule has 0 spiro atoms. The van der Waals surface area contributed by atoms with Gasteiger partial charge < -0.3 is 0 Å². The quantitative estimate of drug-likeness (QED) is 0.622. The predicted octanol–water partition coefficient (Wildman–Crippen LogP) is 2.93. The van der Waals surface area contributed by atoms with Crippen LogP contribution in [0.5, 0.6) is 0 Å². The van der Waals surface area contributed by atoms with E-state index in [0.717, 1.165) is 5.56 Å². The molecule has 0 fully saturated rings. The van der Waals surface area contributed by atoms with Crippen molar-refractivity contribution in [2.75, 3.05) is 0 Å². The standard InChI is InChI=1S/C8H7NO2.C2H6/c1-6-3-2-4-7(5-6)8(10)9-11;1-2/h2-5H,1H3;1-2H3. The van der Waals surface area contributed by atoms with Crippen molar-refractivity contribution in [2.24, 2.45) is 5.18 Å². The molecule has 0 atom stereocenters. The molecule has 0 saturated carbocycles. The zero-order chi connectivity index (χ0) is 10.3. The molecule has 3 nitrogen and oxygen atoms in total. The molecule has 13 heavy (non-hydrogen) atoms. The van der Waals surface area contributed by atoms with Gasteiger partial charge in [0.25, 0.3) is 0 Å². The Bertz CT molecular complexity index is 295. The maximum absolute atomic E-state index is 10.7. The lowest BCUT2D eigenvalue weighted by atomic mass is 10.1. The highest BCUT2D eigenvalue weighted by Gasteiger charge is 2.03. The minimum Gasteiger partial charge on any atom is -0.263 e. The molecule has 1 aromatic rings. The molecule has 3 heteroatoms. The van der Waals surface area contributed by atoms with Crippen molar-refractivity contribution in [1.29, 1.82) is 0 Å². The van der Waals surface area contributed by atoms with Gasteiger partial charge in [0.2, 0.25) is 0 Å². The number of aryl methyl sites for hydroxylation is 1. The van der Waals surface area contributed by atoms with Gasteiger partial charge in [-0.1, -0.05) is 31.5 Å². The monoisotopic (exact) mass is 179 g/mol. The molecule has 0 unspecified atom stereocenters. The Morgan fingerprint density at radius 1 is 1.31 bits per heavy atom. The van der Waals surface area contributed by atoms with E-state index >= 15 is 0 Å². The van der Waals surface area contributed by atoms with Gasteiger partial charge in [-0.15, -0.1) is 4.91 Å². The van der Waals surface area contributed by atoms with E-state index in [-0.39, 0.29) is 0 Å². The Labute approximate surface area is 77.8 Å². The molecule has 0 bridgehead atoms. The highest BCUT2D eigenvalue weighted by Crippen LogP contribution is 2.04. The highest BCUT2D eigenvalue weighted by molar-refractivity contribution is 5.94. The summed E-state index contributed by atoms with van der Waals surface area (Å²) in [6.07, 6.45) is 0. The second-order valence-corrected chi connectivity index (χ2v) is 2.27. The lowest BCUT2D eigenvalue weighted by Gasteiger charge is -1.93. The van der Waals surface area contributed by atoms with Crippen LogP contribution < -0.4 is 0 Å². The molecule has 0 saturated heterocycles. The summed E-state index contributed by atoms with van der Waals surface area (Å²) < 4.78 is 0. The normalized spacial score (nSPS) is 8.23. The molecule has 0 aliphatic carbocycles. The first kappa shape index (κ1) is 11.5. The van der Waals surface area contributed by atoms with Gasteiger partial charge in [0.15, 0.2) is 0 Å². The van der Waals surface area contributed by atoms with E-state index in [1.807, 2.05) is 26.8 Å². The van der Waals surface area contributed by atoms with E-state index in [0.29, 0.717) is 5.56 Å². The van der Waals surface area contributed by atoms with Crippen LogP contribution in [0.3, 0.4) is 0 Å². The van der Waals surface area contributed by atoms with Gasteiger partial charge in [0.05, 0.1) is 0 Å². The fourth-order valence-corrected chi connectivity index (χ4v) is 0.831. The molecular formula is C10H13NO2. The third kappa shape index (κ3) is 3.60. The molecule has 1 rings (SSSR count). The van der Waals surface area contributed by atoms with Gasteiger partial charge in [-0.05, 0) is 19.1 Å². The van der Waals surface area contributed by atoms with Gasteiger partial charge in [-0.2, -0.15) is 0 Å². The van der Waals surface area contributed by atoms with Crippen molar-refractivity contribution in [3.8, 4) is 0 Å². The average Bonchev–Trinajstić information content (AvgIpc) is 2.20. The maximum Gasteiger partial charge on any atom is 0.316 e. The van der Waals surface area contributed by atoms with Crippen molar-refractivity contribution < 1.29 is 4.79 Å². The van der Waals surface area contributed by atoms with Crippen LogP contribution in [0.15, 0.2) is 29.4 Å². The van der Waals surface area contributed by atoms with Gasteiger partial charge >= 0.3 is 5.91 Å². The van der Waals surface area contributed by atoms with Crippen LogP contribution in [0.25, 0.3) is 0 Å². The molecule has 1 amide bonds. The fourth-order valence-electron chi connectivity index (χ4n) is 0.831. The number of carbonyl (C=O) groups excluding carboxylic acids is 1. The molecule has 0 aromatic heterocycles. The Kier molecular flexibility index (Phi) is 5.35. The van der Waals surface area contributed by atoms with Crippen LogP contribution in [0.2, 0.25) is 0 Å². The van der Waals surface area contributed by atoms with Crippen molar-refractivity contribution in [1.82, 2.24) is 0 Å². The second-order valence-electron chi connectivity index (χ2n) is 2.27. The van der Waals surface area contributed by atoms with Gasteiger partial charge in [-0.3, -0.25) is 4.79 Å². The number of nitrogens with zero attached hydrogens (tertiary/aromatic N) is 1. The molecule has 0 heterocycles. The average molecular weight is 179 g/mol. The van der Waals surface area contributed by atoms with Crippen molar-refractivity contribution in [2.45, 2.75) is 20.8 Å². The smallest absolute Gasteiger partial charge is 0.263 e. The summed E-state index contributed by atoms with van der Waals surface area (Å²) in [5.41, 5.74) is 1.29. The van der Waals surface area contributed by atoms with Crippen LogP contribution in [0.1, 0.15) is 29.8 Å². The van der Waals surface area contributed by atoms with Crippen molar-refractivity contribution >= 4 is 5.91 Å². The summed E-state index contributed by atoms with van der Waals surface area (Å²) in [4.78, 5) is 20.5. The Balaban J connectivity index is 0.000000671. The van der Waals surface area contributed by atoms with E-state index in [4.69, 9.17) is 0 Å². The van der Waals surface area contributed by atoms with Crippen molar-refractivity contribution in [3.05, 3.63) is 40.3 Å². The summed E-state index contributed by atoms with van der Waals surface area (Å²) in [6.45, 7) is 5.85. The largest absolute Gasteiger partial charge is 0.316 e. The first-order chi connectivity index (χ1) is 6.24. The number of hydrogen-bond donors (Lipinski definition) is 0. The third-order valence-electron chi connectivity index (χ3n) is 1.35. The van der Waals surface area contributed by atoms with E-state index in [2.05, 4.69) is 5.18 Å². The zero-order valence-electron chi connectivity index (χ0n) is 8.07.